The van der Waals surface area contributed by atoms with E-state index in [1.54, 1.807) is 12.1 Å². The lowest BCUT2D eigenvalue weighted by Crippen LogP contribution is -2.00. The smallest absolute Gasteiger partial charge is 0.134 e. The third-order valence-electron chi connectivity index (χ3n) is 6.36. The Bertz CT molecular complexity index is 1670. The number of halogens is 4. The minimum absolute atomic E-state index is 0.128. The largest absolute Gasteiger partial charge is 0.243 e. The maximum absolute atomic E-state index is 15.0. The van der Waals surface area contributed by atoms with Gasteiger partial charge in [-0.1, -0.05) is 72.8 Å². The molecule has 5 aromatic carbocycles. The van der Waals surface area contributed by atoms with Gasteiger partial charge in [-0.05, 0) is 24.3 Å². The zero-order chi connectivity index (χ0) is 26.2. The molecule has 6 rings (SSSR count). The molecule has 0 aliphatic rings. The summed E-state index contributed by atoms with van der Waals surface area (Å²) in [5.41, 5.74) is 4.25. The highest BCUT2D eigenvalue weighted by molar-refractivity contribution is 6.03. The van der Waals surface area contributed by atoms with E-state index in [0.717, 1.165) is 23.3 Å². The van der Waals surface area contributed by atoms with Crippen LogP contribution in [0, 0.1) is 23.3 Å². The molecule has 0 aliphatic heterocycles. The van der Waals surface area contributed by atoms with E-state index in [2.05, 4.69) is 0 Å². The van der Waals surface area contributed by atoms with Gasteiger partial charge < -0.3 is 0 Å². The van der Waals surface area contributed by atoms with Crippen molar-refractivity contribution in [1.29, 1.82) is 0 Å². The Morgan fingerprint density at radius 2 is 0.763 bits per heavy atom. The van der Waals surface area contributed by atoms with E-state index in [1.165, 1.54) is 24.3 Å². The highest BCUT2D eigenvalue weighted by Crippen LogP contribution is 2.39. The van der Waals surface area contributed by atoms with Gasteiger partial charge in [0, 0.05) is 45.5 Å². The van der Waals surface area contributed by atoms with Gasteiger partial charge in [0.05, 0.1) is 22.4 Å². The quantitative estimate of drug-likeness (QED) is 0.223. The molecule has 0 fully saturated rings. The Morgan fingerprint density at radius 1 is 0.395 bits per heavy atom. The zero-order valence-corrected chi connectivity index (χ0v) is 19.8. The van der Waals surface area contributed by atoms with Gasteiger partial charge in [0.2, 0.25) is 0 Å². The molecule has 0 radical (unpaired) electrons. The molecular weight excluding hydrogens is 488 g/mol. The zero-order valence-electron chi connectivity index (χ0n) is 19.8. The van der Waals surface area contributed by atoms with Gasteiger partial charge in [-0.2, -0.15) is 0 Å². The average Bonchev–Trinajstić information content (AvgIpc) is 2.93. The number of hydrogen-bond donors (Lipinski definition) is 0. The van der Waals surface area contributed by atoms with Crippen LogP contribution in [0.4, 0.5) is 17.6 Å². The van der Waals surface area contributed by atoms with Crippen LogP contribution in [0.15, 0.2) is 109 Å². The summed E-state index contributed by atoms with van der Waals surface area (Å²) in [5.74, 6) is -2.93. The predicted octanol–water partition coefficient (Wildman–Crippen LogP) is 8.85. The summed E-state index contributed by atoms with van der Waals surface area (Å²) in [6.07, 6.45) is 0. The molecule has 0 atom stereocenters. The Balaban J connectivity index is 1.75. The molecule has 38 heavy (non-hydrogen) atoms. The van der Waals surface area contributed by atoms with Gasteiger partial charge in [-0.15, -0.1) is 0 Å². The average molecular weight is 507 g/mol. The van der Waals surface area contributed by atoms with Gasteiger partial charge in [0.1, 0.15) is 23.3 Å². The fourth-order valence-corrected chi connectivity index (χ4v) is 4.58. The van der Waals surface area contributed by atoms with Gasteiger partial charge in [-0.25, -0.2) is 27.5 Å². The molecule has 0 bridgehead atoms. The first-order valence-electron chi connectivity index (χ1n) is 11.9. The molecule has 0 saturated heterocycles. The van der Waals surface area contributed by atoms with Crippen molar-refractivity contribution in [3.63, 3.8) is 0 Å². The van der Waals surface area contributed by atoms with E-state index in [1.807, 2.05) is 60.7 Å². The summed E-state index contributed by atoms with van der Waals surface area (Å²) in [7, 11) is 0. The van der Waals surface area contributed by atoms with E-state index in [-0.39, 0.29) is 11.1 Å². The molecule has 0 amide bonds. The number of nitrogens with zero attached hydrogens (tertiary/aromatic N) is 2. The van der Waals surface area contributed by atoms with Gasteiger partial charge in [0.25, 0.3) is 0 Å². The van der Waals surface area contributed by atoms with Gasteiger partial charge >= 0.3 is 0 Å². The van der Waals surface area contributed by atoms with Crippen molar-refractivity contribution in [2.75, 3.05) is 0 Å². The summed E-state index contributed by atoms with van der Waals surface area (Å²) < 4.78 is 57.4. The first-order chi connectivity index (χ1) is 18.5. The molecule has 0 N–H and O–H groups in total. The lowest BCUT2D eigenvalue weighted by atomic mass is 9.95. The number of rotatable bonds is 4. The number of aromatic nitrogens is 2. The fraction of sp³-hybridized carbons (Fsp3) is 0. The standard InChI is InChI=1S/C32H18F4N2/c33-21-11-13-23(27(35)17-21)25-15-16-26(24-14-12-22(34)18-28(24)36)32-31(25)37-29(19-7-3-1-4-8-19)30(38-32)20-9-5-2-6-10-20/h1-18H. The van der Waals surface area contributed by atoms with Gasteiger partial charge in [0.15, 0.2) is 0 Å². The molecule has 184 valence electrons. The lowest BCUT2D eigenvalue weighted by molar-refractivity contribution is 0.584. The van der Waals surface area contributed by atoms with Crippen LogP contribution >= 0.6 is 0 Å². The van der Waals surface area contributed by atoms with Crippen molar-refractivity contribution in [2.45, 2.75) is 0 Å². The summed E-state index contributed by atoms with van der Waals surface area (Å²) >= 11 is 0. The molecule has 6 aromatic rings. The van der Waals surface area contributed by atoms with Crippen LogP contribution in [-0.2, 0) is 0 Å². The minimum atomic E-state index is -0.762. The highest BCUT2D eigenvalue weighted by atomic mass is 19.1. The number of benzene rings is 5. The molecule has 2 nitrogen and oxygen atoms in total. The normalized spacial score (nSPS) is 11.2. The summed E-state index contributed by atoms with van der Waals surface area (Å²) in [4.78, 5) is 9.95. The van der Waals surface area contributed by atoms with Crippen molar-refractivity contribution in [3.8, 4) is 44.8 Å². The Morgan fingerprint density at radius 3 is 1.13 bits per heavy atom. The van der Waals surface area contributed by atoms with Crippen LogP contribution in [0.1, 0.15) is 0 Å². The first kappa shape index (κ1) is 23.6. The van der Waals surface area contributed by atoms with Crippen molar-refractivity contribution in [3.05, 3.63) is 132 Å². The molecule has 6 heteroatoms. The molecule has 1 aromatic heterocycles. The second kappa shape index (κ2) is 9.56. The van der Waals surface area contributed by atoms with Crippen molar-refractivity contribution in [1.82, 2.24) is 9.97 Å². The fourth-order valence-electron chi connectivity index (χ4n) is 4.58. The van der Waals surface area contributed by atoms with E-state index >= 15 is 0 Å². The van der Waals surface area contributed by atoms with E-state index in [9.17, 15) is 17.6 Å². The van der Waals surface area contributed by atoms with Crippen molar-refractivity contribution in [2.24, 2.45) is 0 Å². The van der Waals surface area contributed by atoms with E-state index < -0.39 is 23.3 Å². The third-order valence-corrected chi connectivity index (χ3v) is 6.36. The SMILES string of the molecule is Fc1ccc(-c2ccc(-c3ccc(F)cc3F)c3nc(-c4ccccc4)c(-c4ccccc4)nc23)c(F)c1. The van der Waals surface area contributed by atoms with Gasteiger partial charge in [-0.3, -0.25) is 0 Å². The molecule has 0 spiro atoms. The maximum atomic E-state index is 15.0. The van der Waals surface area contributed by atoms with Crippen LogP contribution in [0.3, 0.4) is 0 Å². The van der Waals surface area contributed by atoms with Crippen LogP contribution in [0.25, 0.3) is 55.8 Å². The predicted molar refractivity (Wildman–Crippen MR) is 141 cm³/mol. The highest BCUT2D eigenvalue weighted by Gasteiger charge is 2.21. The summed E-state index contributed by atoms with van der Waals surface area (Å²) in [6.45, 7) is 0. The number of fused-ring (bicyclic) bond motifs is 1. The monoisotopic (exact) mass is 506 g/mol. The van der Waals surface area contributed by atoms with Crippen molar-refractivity contribution >= 4 is 11.0 Å². The second-order valence-electron chi connectivity index (χ2n) is 8.76. The molecule has 0 unspecified atom stereocenters. The summed E-state index contributed by atoms with van der Waals surface area (Å²) in [5, 5.41) is 0. The van der Waals surface area contributed by atoms with Crippen LogP contribution < -0.4 is 0 Å². The maximum Gasteiger partial charge on any atom is 0.134 e. The summed E-state index contributed by atoms with van der Waals surface area (Å²) in [6, 6.07) is 28.7. The molecule has 0 aliphatic carbocycles. The molecule has 0 saturated carbocycles. The first-order valence-corrected chi connectivity index (χ1v) is 11.9. The minimum Gasteiger partial charge on any atom is -0.243 e. The molecular formula is C32H18F4N2. The molecule has 1 heterocycles. The van der Waals surface area contributed by atoms with Crippen LogP contribution in [-0.4, -0.2) is 9.97 Å². The van der Waals surface area contributed by atoms with Crippen LogP contribution in [0.2, 0.25) is 0 Å². The van der Waals surface area contributed by atoms with Crippen LogP contribution in [0.5, 0.6) is 0 Å². The lowest BCUT2D eigenvalue weighted by Gasteiger charge is -2.16. The van der Waals surface area contributed by atoms with Crippen molar-refractivity contribution < 1.29 is 17.6 Å². The second-order valence-corrected chi connectivity index (χ2v) is 8.76. The Kier molecular flexibility index (Phi) is 5.92. The Labute approximate surface area is 215 Å². The topological polar surface area (TPSA) is 25.8 Å². The number of hydrogen-bond acceptors (Lipinski definition) is 2. The van der Waals surface area contributed by atoms with E-state index in [0.29, 0.717) is 33.5 Å². The van der Waals surface area contributed by atoms with E-state index in [4.69, 9.17) is 9.97 Å². The third kappa shape index (κ3) is 4.20. The Hall–Kier alpha value is -4.84.